The molecule has 120 valence electrons. The van der Waals surface area contributed by atoms with Crippen molar-refractivity contribution in [3.8, 4) is 0 Å². The Balaban J connectivity index is 1.80. The van der Waals surface area contributed by atoms with Crippen molar-refractivity contribution in [3.05, 3.63) is 17.0 Å². The molecule has 22 heavy (non-hydrogen) atoms. The second-order valence-electron chi connectivity index (χ2n) is 5.30. The number of imide groups is 1. The van der Waals surface area contributed by atoms with Gasteiger partial charge in [-0.05, 0) is 25.8 Å². The van der Waals surface area contributed by atoms with E-state index in [1.165, 1.54) is 5.56 Å². The maximum atomic E-state index is 11.8. The molecule has 0 aliphatic carbocycles. The van der Waals surface area contributed by atoms with Crippen molar-refractivity contribution >= 4 is 17.8 Å². The molecule has 0 aromatic carbocycles. The number of hydrogen-bond donors (Lipinski definition) is 3. The molecule has 1 saturated heterocycles. The summed E-state index contributed by atoms with van der Waals surface area (Å²) in [5.41, 5.74) is 3.35. The summed E-state index contributed by atoms with van der Waals surface area (Å²) in [6, 6.07) is -1.34. The highest BCUT2D eigenvalue weighted by molar-refractivity contribution is 6.05. The van der Waals surface area contributed by atoms with Crippen LogP contribution in [0.5, 0.6) is 0 Å². The van der Waals surface area contributed by atoms with Crippen molar-refractivity contribution < 1.29 is 14.4 Å². The molecule has 0 spiro atoms. The van der Waals surface area contributed by atoms with E-state index in [0.29, 0.717) is 13.1 Å². The molecule has 2 rings (SSSR count). The van der Waals surface area contributed by atoms with Crippen LogP contribution in [0, 0.1) is 13.8 Å². The molecular formula is C14H21N5O3. The maximum Gasteiger partial charge on any atom is 0.322 e. The van der Waals surface area contributed by atoms with Gasteiger partial charge >= 0.3 is 6.03 Å². The van der Waals surface area contributed by atoms with Crippen LogP contribution in [0.4, 0.5) is 4.79 Å². The zero-order valence-electron chi connectivity index (χ0n) is 13.0. The SMILES string of the molecule is CCc1c(C)nn(CCNC(=O)C[C@@H]2NC(=O)NC2=O)c1C. The monoisotopic (exact) mass is 307 g/mol. The van der Waals surface area contributed by atoms with Gasteiger partial charge in [0.25, 0.3) is 5.91 Å². The molecule has 3 N–H and O–H groups in total. The van der Waals surface area contributed by atoms with Crippen LogP contribution in [0.2, 0.25) is 0 Å². The number of nitrogens with one attached hydrogen (secondary N) is 3. The van der Waals surface area contributed by atoms with Gasteiger partial charge in [-0.1, -0.05) is 6.92 Å². The number of aryl methyl sites for hydroxylation is 1. The quantitative estimate of drug-likeness (QED) is 0.632. The lowest BCUT2D eigenvalue weighted by atomic mass is 10.1. The van der Waals surface area contributed by atoms with Gasteiger partial charge in [0, 0.05) is 12.2 Å². The fraction of sp³-hybridized carbons (Fsp3) is 0.571. The summed E-state index contributed by atoms with van der Waals surface area (Å²) in [5.74, 6) is -0.745. The Bertz CT molecular complexity index is 608. The first-order valence-electron chi connectivity index (χ1n) is 7.33. The van der Waals surface area contributed by atoms with Crippen molar-refractivity contribution in [1.82, 2.24) is 25.7 Å². The van der Waals surface area contributed by atoms with E-state index in [1.807, 2.05) is 18.5 Å². The van der Waals surface area contributed by atoms with Crippen LogP contribution < -0.4 is 16.0 Å². The fourth-order valence-electron chi connectivity index (χ4n) is 2.62. The molecule has 0 unspecified atom stereocenters. The average molecular weight is 307 g/mol. The highest BCUT2D eigenvalue weighted by atomic mass is 16.2. The summed E-state index contributed by atoms with van der Waals surface area (Å²) in [6.45, 7) is 7.07. The van der Waals surface area contributed by atoms with Gasteiger partial charge in [-0.25, -0.2) is 4.79 Å². The molecule has 1 atom stereocenters. The number of carbonyl (C=O) groups excluding carboxylic acids is 3. The van der Waals surface area contributed by atoms with Crippen LogP contribution >= 0.6 is 0 Å². The van der Waals surface area contributed by atoms with Crippen molar-refractivity contribution in [3.63, 3.8) is 0 Å². The molecule has 1 aliphatic rings. The van der Waals surface area contributed by atoms with E-state index in [0.717, 1.165) is 17.8 Å². The lowest BCUT2D eigenvalue weighted by Gasteiger charge is -2.09. The van der Waals surface area contributed by atoms with Crippen LogP contribution in [0.25, 0.3) is 0 Å². The van der Waals surface area contributed by atoms with E-state index < -0.39 is 18.0 Å². The zero-order chi connectivity index (χ0) is 16.3. The Kier molecular flexibility index (Phi) is 4.79. The zero-order valence-corrected chi connectivity index (χ0v) is 13.0. The summed E-state index contributed by atoms with van der Waals surface area (Å²) < 4.78 is 1.87. The number of aromatic nitrogens is 2. The van der Waals surface area contributed by atoms with Crippen LogP contribution in [0.15, 0.2) is 0 Å². The Hall–Kier alpha value is -2.38. The van der Waals surface area contributed by atoms with E-state index in [9.17, 15) is 14.4 Å². The third kappa shape index (κ3) is 3.44. The Morgan fingerprint density at radius 1 is 1.36 bits per heavy atom. The van der Waals surface area contributed by atoms with Gasteiger partial charge < -0.3 is 10.6 Å². The molecule has 8 nitrogen and oxygen atoms in total. The molecular weight excluding hydrogens is 286 g/mol. The van der Waals surface area contributed by atoms with Gasteiger partial charge in [-0.15, -0.1) is 0 Å². The van der Waals surface area contributed by atoms with Gasteiger partial charge in [-0.2, -0.15) is 5.10 Å². The van der Waals surface area contributed by atoms with Crippen LogP contribution in [-0.2, 0) is 22.6 Å². The summed E-state index contributed by atoms with van der Waals surface area (Å²) in [4.78, 5) is 34.1. The highest BCUT2D eigenvalue weighted by Crippen LogP contribution is 2.12. The first-order chi connectivity index (χ1) is 10.4. The molecule has 1 aliphatic heterocycles. The minimum absolute atomic E-state index is 0.0606. The number of carbonyl (C=O) groups is 3. The number of rotatable bonds is 6. The summed E-state index contributed by atoms with van der Waals surface area (Å²) in [7, 11) is 0. The van der Waals surface area contributed by atoms with E-state index in [4.69, 9.17) is 0 Å². The molecule has 1 aromatic rings. The number of urea groups is 1. The number of hydrogen-bond acceptors (Lipinski definition) is 4. The lowest BCUT2D eigenvalue weighted by molar-refractivity contribution is -0.126. The predicted octanol–water partition coefficient (Wildman–Crippen LogP) is -0.223. The molecule has 1 fully saturated rings. The standard InChI is InChI=1S/C14H21N5O3/c1-4-10-8(2)18-19(9(10)3)6-5-15-12(20)7-11-13(21)17-14(22)16-11/h11H,4-7H2,1-3H3,(H,15,20)(H2,16,17,21,22)/t11-/m0/s1. The first-order valence-corrected chi connectivity index (χ1v) is 7.33. The Morgan fingerprint density at radius 2 is 2.09 bits per heavy atom. The predicted molar refractivity (Wildman–Crippen MR) is 79.2 cm³/mol. The minimum atomic E-state index is -0.784. The van der Waals surface area contributed by atoms with E-state index in [1.54, 1.807) is 0 Å². The van der Waals surface area contributed by atoms with Crippen LogP contribution in [0.1, 0.15) is 30.3 Å². The average Bonchev–Trinajstić information content (AvgIpc) is 2.89. The highest BCUT2D eigenvalue weighted by Gasteiger charge is 2.31. The van der Waals surface area contributed by atoms with E-state index in [-0.39, 0.29) is 12.3 Å². The molecule has 4 amide bonds. The van der Waals surface area contributed by atoms with Crippen LogP contribution in [0.3, 0.4) is 0 Å². The number of amides is 4. The van der Waals surface area contributed by atoms with Gasteiger partial charge in [-0.3, -0.25) is 19.6 Å². The summed E-state index contributed by atoms with van der Waals surface area (Å²) in [5, 5.41) is 11.7. The Labute approximate surface area is 128 Å². The van der Waals surface area contributed by atoms with Gasteiger partial charge in [0.15, 0.2) is 0 Å². The van der Waals surface area contributed by atoms with Gasteiger partial charge in [0.05, 0.1) is 18.7 Å². The van der Waals surface area contributed by atoms with Crippen molar-refractivity contribution in [1.29, 1.82) is 0 Å². The van der Waals surface area contributed by atoms with E-state index in [2.05, 4.69) is 28.0 Å². The third-order valence-electron chi connectivity index (χ3n) is 3.78. The van der Waals surface area contributed by atoms with Gasteiger partial charge in [0.1, 0.15) is 6.04 Å². The molecule has 0 saturated carbocycles. The van der Waals surface area contributed by atoms with Crippen molar-refractivity contribution in [2.75, 3.05) is 6.54 Å². The molecule has 2 heterocycles. The maximum absolute atomic E-state index is 11.8. The second kappa shape index (κ2) is 6.59. The molecule has 0 radical (unpaired) electrons. The normalized spacial score (nSPS) is 17.3. The fourth-order valence-corrected chi connectivity index (χ4v) is 2.62. The topological polar surface area (TPSA) is 105 Å². The van der Waals surface area contributed by atoms with Crippen LogP contribution in [-0.4, -0.2) is 40.2 Å². The molecule has 0 bridgehead atoms. The summed E-state index contributed by atoms with van der Waals surface area (Å²) in [6.07, 6.45) is 0.870. The minimum Gasteiger partial charge on any atom is -0.354 e. The smallest absolute Gasteiger partial charge is 0.322 e. The third-order valence-corrected chi connectivity index (χ3v) is 3.78. The van der Waals surface area contributed by atoms with Crippen molar-refractivity contribution in [2.45, 2.75) is 46.2 Å². The second-order valence-corrected chi connectivity index (χ2v) is 5.30. The van der Waals surface area contributed by atoms with Crippen molar-refractivity contribution in [2.24, 2.45) is 0 Å². The van der Waals surface area contributed by atoms with Gasteiger partial charge in [0.2, 0.25) is 5.91 Å². The lowest BCUT2D eigenvalue weighted by Crippen LogP contribution is -2.37. The summed E-state index contributed by atoms with van der Waals surface area (Å²) >= 11 is 0. The first kappa shape index (κ1) is 16.0. The molecule has 8 heteroatoms. The largest absolute Gasteiger partial charge is 0.354 e. The molecule has 1 aromatic heterocycles. The van der Waals surface area contributed by atoms with E-state index >= 15 is 0 Å². The number of nitrogens with zero attached hydrogens (tertiary/aromatic N) is 2. The Morgan fingerprint density at radius 3 is 2.64 bits per heavy atom.